The Labute approximate surface area is 156 Å². The van der Waals surface area contributed by atoms with Crippen LogP contribution in [0.4, 0.5) is 10.1 Å². The summed E-state index contributed by atoms with van der Waals surface area (Å²) in [6.45, 7) is 3.77. The summed E-state index contributed by atoms with van der Waals surface area (Å²) in [6.07, 6.45) is 2.97. The van der Waals surface area contributed by atoms with E-state index in [1.54, 1.807) is 19.9 Å². The third kappa shape index (κ3) is 2.86. The summed E-state index contributed by atoms with van der Waals surface area (Å²) in [5.74, 6) is -1.48. The van der Waals surface area contributed by atoms with Crippen molar-refractivity contribution in [1.29, 1.82) is 0 Å². The molecular formula is C20H21FN2O4. The van der Waals surface area contributed by atoms with Gasteiger partial charge in [-0.25, -0.2) is 14.4 Å². The molecule has 0 radical (unpaired) electrons. The first-order valence-electron chi connectivity index (χ1n) is 9.14. The largest absolute Gasteiger partial charge is 0.272 e. The van der Waals surface area contributed by atoms with Crippen molar-refractivity contribution >= 4 is 23.4 Å². The second-order valence-electron chi connectivity index (χ2n) is 7.88. The molecule has 27 heavy (non-hydrogen) atoms. The Bertz CT molecular complexity index is 862. The number of nitrogens with zero attached hydrogens (tertiary/aromatic N) is 2. The quantitative estimate of drug-likeness (QED) is 0.766. The average Bonchev–Trinajstić information content (AvgIpc) is 3.05. The molecule has 2 heterocycles. The number of amides is 3. The Morgan fingerprint density at radius 3 is 2.22 bits per heavy atom. The Morgan fingerprint density at radius 2 is 1.70 bits per heavy atom. The van der Waals surface area contributed by atoms with Gasteiger partial charge >= 0.3 is 0 Å². The SMILES string of the molecule is CC1(C)CON(Cc2ccc(N3C(=O)C4=C(CCCC4)C3=O)cc2F)C1=O. The lowest BCUT2D eigenvalue weighted by atomic mass is 9.93. The molecular weight excluding hydrogens is 351 g/mol. The minimum absolute atomic E-state index is 0.0228. The van der Waals surface area contributed by atoms with E-state index in [9.17, 15) is 18.8 Å². The molecule has 6 nitrogen and oxygen atoms in total. The summed E-state index contributed by atoms with van der Waals surface area (Å²) in [5.41, 5.74) is 0.981. The molecule has 7 heteroatoms. The smallest absolute Gasteiger partial charge is 0.261 e. The normalized spacial score (nSPS) is 22.1. The van der Waals surface area contributed by atoms with Gasteiger partial charge in [0.25, 0.3) is 17.7 Å². The number of anilines is 1. The number of carbonyl (C=O) groups excluding carboxylic acids is 3. The van der Waals surface area contributed by atoms with Crippen molar-refractivity contribution < 1.29 is 23.6 Å². The van der Waals surface area contributed by atoms with Gasteiger partial charge in [0, 0.05) is 16.7 Å². The standard InChI is InChI=1S/C20H21FN2O4/c1-20(2)11-27-22(19(20)26)10-12-7-8-13(9-16(12)21)23-17(24)14-5-3-4-6-15(14)18(23)25/h7-9H,3-6,10-11H2,1-2H3. The highest BCUT2D eigenvalue weighted by molar-refractivity contribution is 6.33. The van der Waals surface area contributed by atoms with Crippen LogP contribution in [0, 0.1) is 11.2 Å². The third-order valence-corrected chi connectivity index (χ3v) is 5.39. The van der Waals surface area contributed by atoms with E-state index in [0.717, 1.165) is 22.8 Å². The molecule has 0 bridgehead atoms. The zero-order valence-corrected chi connectivity index (χ0v) is 15.4. The van der Waals surface area contributed by atoms with Crippen LogP contribution in [-0.4, -0.2) is 29.4 Å². The summed E-state index contributed by atoms with van der Waals surface area (Å²) in [4.78, 5) is 43.8. The van der Waals surface area contributed by atoms with Crippen molar-refractivity contribution in [2.24, 2.45) is 5.41 Å². The molecule has 1 aromatic rings. The van der Waals surface area contributed by atoms with Crippen LogP contribution in [0.1, 0.15) is 45.1 Å². The molecule has 0 spiro atoms. The Balaban J connectivity index is 1.55. The van der Waals surface area contributed by atoms with E-state index in [4.69, 9.17) is 4.84 Å². The van der Waals surface area contributed by atoms with E-state index in [-0.39, 0.29) is 42.1 Å². The van der Waals surface area contributed by atoms with Gasteiger partial charge in [-0.15, -0.1) is 0 Å². The maximum Gasteiger partial charge on any atom is 0.261 e. The van der Waals surface area contributed by atoms with Crippen LogP contribution in [0.15, 0.2) is 29.3 Å². The third-order valence-electron chi connectivity index (χ3n) is 5.39. The van der Waals surface area contributed by atoms with Gasteiger partial charge in [0.15, 0.2) is 0 Å². The summed E-state index contributed by atoms with van der Waals surface area (Å²) >= 11 is 0. The van der Waals surface area contributed by atoms with Crippen molar-refractivity contribution in [1.82, 2.24) is 5.06 Å². The van der Waals surface area contributed by atoms with E-state index in [2.05, 4.69) is 0 Å². The molecule has 1 aliphatic carbocycles. The topological polar surface area (TPSA) is 66.9 Å². The molecule has 142 valence electrons. The second-order valence-corrected chi connectivity index (χ2v) is 7.88. The molecule has 3 amide bonds. The molecule has 0 atom stereocenters. The number of hydroxylamine groups is 2. The zero-order chi connectivity index (χ0) is 19.3. The number of benzene rings is 1. The fourth-order valence-corrected chi connectivity index (χ4v) is 3.75. The van der Waals surface area contributed by atoms with Gasteiger partial charge in [-0.2, -0.15) is 0 Å². The van der Waals surface area contributed by atoms with Gasteiger partial charge in [-0.05, 0) is 51.7 Å². The highest BCUT2D eigenvalue weighted by Crippen LogP contribution is 2.36. The number of rotatable bonds is 3. The van der Waals surface area contributed by atoms with Gasteiger partial charge in [-0.3, -0.25) is 19.2 Å². The van der Waals surface area contributed by atoms with Gasteiger partial charge in [0.05, 0.1) is 24.3 Å². The molecule has 0 unspecified atom stereocenters. The predicted octanol–water partition coefficient (Wildman–Crippen LogP) is 2.87. The fourth-order valence-electron chi connectivity index (χ4n) is 3.75. The van der Waals surface area contributed by atoms with Crippen molar-refractivity contribution in [3.8, 4) is 0 Å². The van der Waals surface area contributed by atoms with Crippen LogP contribution in [0.3, 0.4) is 0 Å². The van der Waals surface area contributed by atoms with Crippen molar-refractivity contribution in [2.45, 2.75) is 46.1 Å². The predicted molar refractivity (Wildman–Crippen MR) is 94.7 cm³/mol. The molecule has 2 aliphatic heterocycles. The van der Waals surface area contributed by atoms with Gasteiger partial charge < -0.3 is 0 Å². The Hall–Kier alpha value is -2.54. The molecule has 0 aromatic heterocycles. The highest BCUT2D eigenvalue weighted by atomic mass is 19.1. The maximum absolute atomic E-state index is 14.6. The highest BCUT2D eigenvalue weighted by Gasteiger charge is 2.41. The first-order valence-corrected chi connectivity index (χ1v) is 9.14. The van der Waals surface area contributed by atoms with Gasteiger partial charge in [-0.1, -0.05) is 6.07 Å². The van der Waals surface area contributed by atoms with Crippen LogP contribution in [-0.2, 0) is 25.8 Å². The zero-order valence-electron chi connectivity index (χ0n) is 15.4. The monoisotopic (exact) mass is 372 g/mol. The lowest BCUT2D eigenvalue weighted by Gasteiger charge is -2.19. The summed E-state index contributed by atoms with van der Waals surface area (Å²) < 4.78 is 14.6. The molecule has 3 aliphatic rings. The van der Waals surface area contributed by atoms with E-state index in [0.29, 0.717) is 24.0 Å². The number of halogens is 1. The van der Waals surface area contributed by atoms with E-state index >= 15 is 0 Å². The van der Waals surface area contributed by atoms with E-state index < -0.39 is 11.2 Å². The van der Waals surface area contributed by atoms with Crippen LogP contribution < -0.4 is 4.90 Å². The van der Waals surface area contributed by atoms with Crippen LogP contribution >= 0.6 is 0 Å². The first-order chi connectivity index (χ1) is 12.8. The van der Waals surface area contributed by atoms with Crippen molar-refractivity contribution in [3.63, 3.8) is 0 Å². The lowest BCUT2D eigenvalue weighted by molar-refractivity contribution is -0.165. The maximum atomic E-state index is 14.6. The first kappa shape index (κ1) is 17.9. The number of carbonyl (C=O) groups is 3. The molecule has 1 fully saturated rings. The molecule has 0 N–H and O–H groups in total. The van der Waals surface area contributed by atoms with Crippen LogP contribution in [0.5, 0.6) is 0 Å². The molecule has 4 rings (SSSR count). The minimum Gasteiger partial charge on any atom is -0.272 e. The number of hydrogen-bond donors (Lipinski definition) is 0. The lowest BCUT2D eigenvalue weighted by Crippen LogP contribution is -2.32. The Morgan fingerprint density at radius 1 is 1.07 bits per heavy atom. The molecule has 1 saturated heterocycles. The number of imide groups is 1. The summed E-state index contributed by atoms with van der Waals surface area (Å²) in [7, 11) is 0. The molecule has 1 aromatic carbocycles. The van der Waals surface area contributed by atoms with E-state index in [1.807, 2.05) is 0 Å². The van der Waals surface area contributed by atoms with E-state index in [1.165, 1.54) is 12.1 Å². The van der Waals surface area contributed by atoms with Crippen LogP contribution in [0.2, 0.25) is 0 Å². The minimum atomic E-state index is -0.629. The van der Waals surface area contributed by atoms with Crippen molar-refractivity contribution in [2.75, 3.05) is 11.5 Å². The summed E-state index contributed by atoms with van der Waals surface area (Å²) in [5, 5.41) is 1.16. The van der Waals surface area contributed by atoms with Gasteiger partial charge in [0.1, 0.15) is 5.82 Å². The molecule has 0 saturated carbocycles. The van der Waals surface area contributed by atoms with Crippen molar-refractivity contribution in [3.05, 3.63) is 40.7 Å². The average molecular weight is 372 g/mol. The second kappa shape index (κ2) is 6.27. The van der Waals surface area contributed by atoms with Crippen LogP contribution in [0.25, 0.3) is 0 Å². The summed E-state index contributed by atoms with van der Waals surface area (Å²) in [6, 6.07) is 4.21. The number of hydrogen-bond acceptors (Lipinski definition) is 4. The Kier molecular flexibility index (Phi) is 4.14. The van der Waals surface area contributed by atoms with Gasteiger partial charge in [0.2, 0.25) is 0 Å². The fraction of sp³-hybridized carbons (Fsp3) is 0.450.